The molecule has 3 nitrogen and oxygen atoms in total. The average molecular weight is 211 g/mol. The highest BCUT2D eigenvalue weighted by atomic mass is 19.1. The van der Waals surface area contributed by atoms with E-state index in [1.165, 1.54) is 12.1 Å². The summed E-state index contributed by atoms with van der Waals surface area (Å²) < 4.78 is 13.1. The van der Waals surface area contributed by atoms with Crippen LogP contribution in [0.2, 0.25) is 0 Å². The van der Waals surface area contributed by atoms with Crippen LogP contribution in [0.15, 0.2) is 18.2 Å². The summed E-state index contributed by atoms with van der Waals surface area (Å²) in [6.45, 7) is 2.04. The molecular formula is C11H14FNO2. The molecule has 1 unspecified atom stereocenters. The first-order chi connectivity index (χ1) is 7.02. The molecule has 1 aromatic rings. The van der Waals surface area contributed by atoms with Crippen LogP contribution in [0, 0.1) is 5.82 Å². The Kier molecular flexibility index (Phi) is 3.80. The number of rotatable bonds is 4. The quantitative estimate of drug-likeness (QED) is 0.766. The third-order valence-electron chi connectivity index (χ3n) is 2.02. The third kappa shape index (κ3) is 3.32. The Morgan fingerprint density at radius 2 is 2.20 bits per heavy atom. The van der Waals surface area contributed by atoms with E-state index in [9.17, 15) is 14.3 Å². The molecule has 0 spiro atoms. The summed E-state index contributed by atoms with van der Waals surface area (Å²) in [7, 11) is 1.73. The van der Waals surface area contributed by atoms with Gasteiger partial charge in [-0.2, -0.15) is 0 Å². The standard InChI is InChI=1S/C11H14FNO2/c1-8(15)6-13(2)11-4-9(7-14)3-10(12)5-11/h3-5,7-8,15H,6H2,1-2H3. The van der Waals surface area contributed by atoms with E-state index < -0.39 is 11.9 Å². The maximum absolute atomic E-state index is 13.1. The SMILES string of the molecule is CC(O)CN(C)c1cc(F)cc(C=O)c1. The lowest BCUT2D eigenvalue weighted by atomic mass is 10.2. The lowest BCUT2D eigenvalue weighted by Crippen LogP contribution is -2.26. The number of aliphatic hydroxyl groups is 1. The molecule has 0 fully saturated rings. The minimum absolute atomic E-state index is 0.294. The number of aldehydes is 1. The van der Waals surface area contributed by atoms with E-state index in [2.05, 4.69) is 0 Å². The van der Waals surface area contributed by atoms with Crippen molar-refractivity contribution in [2.45, 2.75) is 13.0 Å². The molecule has 0 saturated carbocycles. The summed E-state index contributed by atoms with van der Waals surface area (Å²) >= 11 is 0. The number of carbonyl (C=O) groups excluding carboxylic acids is 1. The van der Waals surface area contributed by atoms with Crippen LogP contribution in [0.4, 0.5) is 10.1 Å². The Labute approximate surface area is 88.1 Å². The molecule has 0 aromatic heterocycles. The maximum atomic E-state index is 13.1. The molecule has 0 aliphatic heterocycles. The number of benzene rings is 1. The first kappa shape index (κ1) is 11.7. The summed E-state index contributed by atoms with van der Waals surface area (Å²) in [6.07, 6.45) is 0.0981. The molecule has 1 aromatic carbocycles. The second-order valence-corrected chi connectivity index (χ2v) is 3.59. The van der Waals surface area contributed by atoms with Gasteiger partial charge in [-0.15, -0.1) is 0 Å². The number of anilines is 1. The molecule has 0 bridgehead atoms. The number of halogens is 1. The van der Waals surface area contributed by atoms with Crippen molar-refractivity contribution in [3.63, 3.8) is 0 Å². The molecule has 15 heavy (non-hydrogen) atoms. The molecule has 0 aliphatic rings. The third-order valence-corrected chi connectivity index (χ3v) is 2.02. The van der Waals surface area contributed by atoms with Crippen molar-refractivity contribution in [3.8, 4) is 0 Å². The fourth-order valence-electron chi connectivity index (χ4n) is 1.39. The van der Waals surface area contributed by atoms with Crippen LogP contribution in [0.3, 0.4) is 0 Å². The first-order valence-electron chi connectivity index (χ1n) is 4.68. The largest absolute Gasteiger partial charge is 0.392 e. The van der Waals surface area contributed by atoms with Crippen LogP contribution in [0.1, 0.15) is 17.3 Å². The highest BCUT2D eigenvalue weighted by Crippen LogP contribution is 2.16. The molecule has 4 heteroatoms. The number of hydrogen-bond donors (Lipinski definition) is 1. The van der Waals surface area contributed by atoms with Gasteiger partial charge in [-0.3, -0.25) is 4.79 Å². The zero-order chi connectivity index (χ0) is 11.4. The molecule has 0 heterocycles. The Hall–Kier alpha value is -1.42. The van der Waals surface area contributed by atoms with Crippen molar-refractivity contribution in [2.24, 2.45) is 0 Å². The van der Waals surface area contributed by atoms with Gasteiger partial charge in [0.1, 0.15) is 12.1 Å². The summed E-state index contributed by atoms with van der Waals surface area (Å²) in [5.74, 6) is -0.452. The van der Waals surface area contributed by atoms with Gasteiger partial charge in [-0.05, 0) is 25.1 Å². The van der Waals surface area contributed by atoms with Crippen LogP contribution in [0.25, 0.3) is 0 Å². The van der Waals surface area contributed by atoms with Crippen LogP contribution in [-0.2, 0) is 0 Å². The minimum Gasteiger partial charge on any atom is -0.392 e. The highest BCUT2D eigenvalue weighted by Gasteiger charge is 2.07. The molecule has 1 rings (SSSR count). The predicted molar refractivity (Wildman–Crippen MR) is 56.7 cm³/mol. The van der Waals surface area contributed by atoms with Gasteiger partial charge < -0.3 is 10.0 Å². The van der Waals surface area contributed by atoms with Gasteiger partial charge in [0.05, 0.1) is 6.10 Å². The van der Waals surface area contributed by atoms with E-state index in [1.807, 2.05) is 0 Å². The van der Waals surface area contributed by atoms with Gasteiger partial charge in [-0.1, -0.05) is 0 Å². The summed E-state index contributed by atoms with van der Waals surface area (Å²) in [5, 5.41) is 9.17. The Balaban J connectivity index is 2.92. The van der Waals surface area contributed by atoms with Gasteiger partial charge in [0.2, 0.25) is 0 Å². The molecule has 0 radical (unpaired) electrons. The smallest absolute Gasteiger partial charge is 0.150 e. The minimum atomic E-state index is -0.502. The lowest BCUT2D eigenvalue weighted by Gasteiger charge is -2.21. The predicted octanol–water partition coefficient (Wildman–Crippen LogP) is 1.46. The number of aliphatic hydroxyl groups excluding tert-OH is 1. The summed E-state index contributed by atoms with van der Waals surface area (Å²) in [6, 6.07) is 4.08. The van der Waals surface area contributed by atoms with E-state index in [0.29, 0.717) is 24.1 Å². The second kappa shape index (κ2) is 4.89. The monoisotopic (exact) mass is 211 g/mol. The fourth-order valence-corrected chi connectivity index (χ4v) is 1.39. The van der Waals surface area contributed by atoms with Crippen LogP contribution in [0.5, 0.6) is 0 Å². The van der Waals surface area contributed by atoms with Crippen LogP contribution in [-0.4, -0.2) is 31.1 Å². The van der Waals surface area contributed by atoms with E-state index in [4.69, 9.17) is 0 Å². The van der Waals surface area contributed by atoms with Crippen molar-refractivity contribution in [1.29, 1.82) is 0 Å². The molecule has 1 atom stereocenters. The Morgan fingerprint density at radius 1 is 1.53 bits per heavy atom. The normalized spacial score (nSPS) is 12.3. The lowest BCUT2D eigenvalue weighted by molar-refractivity contribution is 0.112. The molecule has 0 amide bonds. The number of nitrogens with zero attached hydrogens (tertiary/aromatic N) is 1. The number of likely N-dealkylation sites (N-methyl/N-ethyl adjacent to an activating group) is 1. The summed E-state index contributed by atoms with van der Waals surface area (Å²) in [4.78, 5) is 12.2. The van der Waals surface area contributed by atoms with Gasteiger partial charge in [0.15, 0.2) is 0 Å². The van der Waals surface area contributed by atoms with Crippen LogP contribution < -0.4 is 4.90 Å². The van der Waals surface area contributed by atoms with Crippen LogP contribution >= 0.6 is 0 Å². The number of hydrogen-bond acceptors (Lipinski definition) is 3. The topological polar surface area (TPSA) is 40.5 Å². The molecule has 1 N–H and O–H groups in total. The maximum Gasteiger partial charge on any atom is 0.150 e. The second-order valence-electron chi connectivity index (χ2n) is 3.59. The summed E-state index contributed by atoms with van der Waals surface area (Å²) in [5.41, 5.74) is 0.875. The van der Waals surface area contributed by atoms with Crippen molar-refractivity contribution < 1.29 is 14.3 Å². The molecule has 82 valence electrons. The Bertz CT molecular complexity index is 352. The first-order valence-corrected chi connectivity index (χ1v) is 4.68. The van der Waals surface area contributed by atoms with Gasteiger partial charge in [0, 0.05) is 24.8 Å². The van der Waals surface area contributed by atoms with Crippen molar-refractivity contribution >= 4 is 12.0 Å². The van der Waals surface area contributed by atoms with E-state index in [-0.39, 0.29) is 0 Å². The van der Waals surface area contributed by atoms with E-state index in [1.54, 1.807) is 24.9 Å². The zero-order valence-corrected chi connectivity index (χ0v) is 8.77. The highest BCUT2D eigenvalue weighted by molar-refractivity contribution is 5.77. The van der Waals surface area contributed by atoms with Gasteiger partial charge >= 0.3 is 0 Å². The van der Waals surface area contributed by atoms with Crippen molar-refractivity contribution in [2.75, 3.05) is 18.5 Å². The van der Waals surface area contributed by atoms with Gasteiger partial charge in [0.25, 0.3) is 0 Å². The zero-order valence-electron chi connectivity index (χ0n) is 8.77. The Morgan fingerprint density at radius 3 is 2.73 bits per heavy atom. The number of carbonyl (C=O) groups is 1. The van der Waals surface area contributed by atoms with E-state index >= 15 is 0 Å². The van der Waals surface area contributed by atoms with E-state index in [0.717, 1.165) is 0 Å². The molecule has 0 aliphatic carbocycles. The average Bonchev–Trinajstić information content (AvgIpc) is 2.15. The van der Waals surface area contributed by atoms with Crippen molar-refractivity contribution in [3.05, 3.63) is 29.6 Å². The molecular weight excluding hydrogens is 197 g/mol. The fraction of sp³-hybridized carbons (Fsp3) is 0.364. The van der Waals surface area contributed by atoms with Crippen molar-refractivity contribution in [1.82, 2.24) is 0 Å². The molecule has 0 saturated heterocycles. The van der Waals surface area contributed by atoms with Gasteiger partial charge in [-0.25, -0.2) is 4.39 Å².